The number of aryl methyl sites for hydroxylation is 1. The maximum absolute atomic E-state index is 14.4. The van der Waals surface area contributed by atoms with Crippen LogP contribution in [0.5, 0.6) is 5.75 Å². The van der Waals surface area contributed by atoms with Crippen LogP contribution in [0.2, 0.25) is 0 Å². The van der Waals surface area contributed by atoms with Gasteiger partial charge in [0.2, 0.25) is 0 Å². The van der Waals surface area contributed by atoms with E-state index in [1.165, 1.54) is 18.2 Å². The maximum Gasteiger partial charge on any atom is 0.282 e. The number of carbonyl (C=O) groups is 2. The molecule has 30 heavy (non-hydrogen) atoms. The van der Waals surface area contributed by atoms with Gasteiger partial charge in [-0.05, 0) is 48.4 Å². The lowest BCUT2D eigenvalue weighted by Gasteiger charge is -2.16. The van der Waals surface area contributed by atoms with Crippen LogP contribution >= 0.6 is 0 Å². The molecule has 0 saturated carbocycles. The number of para-hydroxylation sites is 2. The Bertz CT molecular complexity index is 1170. The normalized spacial score (nSPS) is 13.8. The fourth-order valence-corrected chi connectivity index (χ4v) is 3.37. The fraction of sp³-hybridized carbons (Fsp3) is 0.0833. The first-order valence-electron chi connectivity index (χ1n) is 9.36. The second-order valence-electron chi connectivity index (χ2n) is 6.82. The summed E-state index contributed by atoms with van der Waals surface area (Å²) >= 11 is 0. The molecule has 0 saturated heterocycles. The van der Waals surface area contributed by atoms with E-state index in [1.807, 2.05) is 31.2 Å². The molecule has 3 aromatic carbocycles. The van der Waals surface area contributed by atoms with Crippen LogP contribution in [0.25, 0.3) is 5.57 Å². The van der Waals surface area contributed by atoms with E-state index in [4.69, 9.17) is 4.74 Å². The summed E-state index contributed by atoms with van der Waals surface area (Å²) in [5.41, 5.74) is 2.32. The van der Waals surface area contributed by atoms with Gasteiger partial charge in [0.25, 0.3) is 11.8 Å². The van der Waals surface area contributed by atoms with Crippen LogP contribution in [0.1, 0.15) is 11.1 Å². The first-order chi connectivity index (χ1) is 14.5. The molecule has 4 rings (SSSR count). The highest BCUT2D eigenvalue weighted by Crippen LogP contribution is 2.35. The molecule has 1 N–H and O–H groups in total. The van der Waals surface area contributed by atoms with Crippen LogP contribution in [0, 0.1) is 12.7 Å². The molecule has 6 heteroatoms. The lowest BCUT2D eigenvalue weighted by atomic mass is 10.0. The highest BCUT2D eigenvalue weighted by Gasteiger charge is 2.41. The highest BCUT2D eigenvalue weighted by molar-refractivity contribution is 6.46. The molecule has 5 nitrogen and oxygen atoms in total. The Labute approximate surface area is 173 Å². The number of methoxy groups -OCH3 is 1. The number of nitrogens with one attached hydrogen (secondary N) is 1. The smallest absolute Gasteiger partial charge is 0.282 e. The van der Waals surface area contributed by atoms with Gasteiger partial charge in [0.15, 0.2) is 0 Å². The van der Waals surface area contributed by atoms with E-state index in [9.17, 15) is 14.0 Å². The van der Waals surface area contributed by atoms with E-state index in [-0.39, 0.29) is 17.0 Å². The summed E-state index contributed by atoms with van der Waals surface area (Å²) in [6.45, 7) is 1.89. The molecule has 0 bridgehead atoms. The van der Waals surface area contributed by atoms with Gasteiger partial charge in [-0.3, -0.25) is 9.59 Å². The van der Waals surface area contributed by atoms with Gasteiger partial charge in [0.1, 0.15) is 17.3 Å². The number of imide groups is 1. The molecule has 0 atom stereocenters. The van der Waals surface area contributed by atoms with E-state index in [0.29, 0.717) is 17.0 Å². The molecule has 1 aliphatic heterocycles. The summed E-state index contributed by atoms with van der Waals surface area (Å²) in [4.78, 5) is 27.5. The lowest BCUT2D eigenvalue weighted by molar-refractivity contribution is -0.120. The van der Waals surface area contributed by atoms with Crippen molar-refractivity contribution in [2.45, 2.75) is 6.92 Å². The molecule has 1 aliphatic rings. The van der Waals surface area contributed by atoms with Crippen molar-refractivity contribution in [1.82, 2.24) is 0 Å². The Morgan fingerprint density at radius 2 is 1.53 bits per heavy atom. The molecule has 0 spiro atoms. The number of halogens is 1. The van der Waals surface area contributed by atoms with Crippen LogP contribution in [0.4, 0.5) is 15.8 Å². The topological polar surface area (TPSA) is 58.6 Å². The number of hydrogen-bond donors (Lipinski definition) is 1. The summed E-state index contributed by atoms with van der Waals surface area (Å²) < 4.78 is 19.6. The van der Waals surface area contributed by atoms with Gasteiger partial charge in [-0.2, -0.15) is 0 Å². The molecule has 3 aromatic rings. The lowest BCUT2D eigenvalue weighted by Crippen LogP contribution is -2.33. The van der Waals surface area contributed by atoms with Crippen molar-refractivity contribution in [3.63, 3.8) is 0 Å². The number of ether oxygens (including phenoxy) is 1. The van der Waals surface area contributed by atoms with Crippen LogP contribution in [-0.2, 0) is 9.59 Å². The van der Waals surface area contributed by atoms with E-state index in [2.05, 4.69) is 5.32 Å². The maximum atomic E-state index is 14.4. The number of benzene rings is 3. The third kappa shape index (κ3) is 3.33. The van der Waals surface area contributed by atoms with Crippen molar-refractivity contribution in [3.8, 4) is 5.75 Å². The Morgan fingerprint density at radius 1 is 0.867 bits per heavy atom. The predicted octanol–water partition coefficient (Wildman–Crippen LogP) is 4.54. The largest absolute Gasteiger partial charge is 0.497 e. The van der Waals surface area contributed by atoms with Crippen LogP contribution < -0.4 is 15.0 Å². The van der Waals surface area contributed by atoms with Gasteiger partial charge in [-0.15, -0.1) is 0 Å². The van der Waals surface area contributed by atoms with Crippen LogP contribution in [-0.4, -0.2) is 18.9 Å². The SMILES string of the molecule is COc1ccc(C2=C(Nc3ccccc3C)C(=O)N(c3ccccc3F)C2=O)cc1. The Kier molecular flexibility index (Phi) is 5.06. The van der Waals surface area contributed by atoms with E-state index in [1.54, 1.807) is 37.4 Å². The van der Waals surface area contributed by atoms with Gasteiger partial charge in [-0.25, -0.2) is 9.29 Å². The molecular formula is C24H19FN2O3. The monoisotopic (exact) mass is 402 g/mol. The quantitative estimate of drug-likeness (QED) is 0.637. The van der Waals surface area contributed by atoms with Gasteiger partial charge >= 0.3 is 0 Å². The van der Waals surface area contributed by atoms with E-state index < -0.39 is 17.6 Å². The summed E-state index contributed by atoms with van der Waals surface area (Å²) in [6, 6.07) is 20.0. The number of rotatable bonds is 5. The summed E-state index contributed by atoms with van der Waals surface area (Å²) in [5, 5.41) is 3.10. The number of anilines is 2. The minimum absolute atomic E-state index is 0.0832. The molecule has 0 fully saturated rings. The molecule has 0 aliphatic carbocycles. The number of hydrogen-bond acceptors (Lipinski definition) is 4. The third-order valence-corrected chi connectivity index (χ3v) is 4.96. The van der Waals surface area contributed by atoms with Crippen molar-refractivity contribution in [3.05, 3.63) is 95.4 Å². The van der Waals surface area contributed by atoms with Gasteiger partial charge < -0.3 is 10.1 Å². The third-order valence-electron chi connectivity index (χ3n) is 4.96. The van der Waals surface area contributed by atoms with Crippen LogP contribution in [0.15, 0.2) is 78.5 Å². The number of carbonyl (C=O) groups excluding carboxylic acids is 2. The minimum Gasteiger partial charge on any atom is -0.497 e. The first-order valence-corrected chi connectivity index (χ1v) is 9.36. The minimum atomic E-state index is -0.648. The number of amides is 2. The fourth-order valence-electron chi connectivity index (χ4n) is 3.37. The predicted molar refractivity (Wildman–Crippen MR) is 114 cm³/mol. The van der Waals surface area contributed by atoms with E-state index in [0.717, 1.165) is 10.5 Å². The van der Waals surface area contributed by atoms with Gasteiger partial charge in [-0.1, -0.05) is 42.5 Å². The van der Waals surface area contributed by atoms with Crippen molar-refractivity contribution in [2.24, 2.45) is 0 Å². The zero-order valence-corrected chi connectivity index (χ0v) is 16.5. The average molecular weight is 402 g/mol. The van der Waals surface area contributed by atoms with Crippen molar-refractivity contribution < 1.29 is 18.7 Å². The number of nitrogens with zero attached hydrogens (tertiary/aromatic N) is 1. The van der Waals surface area contributed by atoms with Crippen molar-refractivity contribution in [2.75, 3.05) is 17.3 Å². The zero-order chi connectivity index (χ0) is 21.3. The molecule has 0 unspecified atom stereocenters. The highest BCUT2D eigenvalue weighted by atomic mass is 19.1. The molecule has 2 amide bonds. The van der Waals surface area contributed by atoms with Crippen LogP contribution in [0.3, 0.4) is 0 Å². The molecule has 150 valence electrons. The van der Waals surface area contributed by atoms with Crippen molar-refractivity contribution in [1.29, 1.82) is 0 Å². The van der Waals surface area contributed by atoms with Gasteiger partial charge in [0.05, 0.1) is 18.4 Å². The molecule has 1 heterocycles. The molecular weight excluding hydrogens is 383 g/mol. The second-order valence-corrected chi connectivity index (χ2v) is 6.82. The zero-order valence-electron chi connectivity index (χ0n) is 16.5. The Balaban J connectivity index is 1.85. The van der Waals surface area contributed by atoms with E-state index >= 15 is 0 Å². The standard InChI is InChI=1S/C24H19FN2O3/c1-15-7-3-5-9-19(15)26-22-21(16-11-13-17(30-2)14-12-16)23(28)27(24(22)29)20-10-6-4-8-18(20)25/h3-14,26H,1-2H3. The molecule has 0 radical (unpaired) electrons. The average Bonchev–Trinajstić information content (AvgIpc) is 3.00. The first kappa shape index (κ1) is 19.4. The summed E-state index contributed by atoms with van der Waals surface area (Å²) in [7, 11) is 1.55. The Morgan fingerprint density at radius 3 is 2.20 bits per heavy atom. The van der Waals surface area contributed by atoms with Gasteiger partial charge in [0, 0.05) is 5.69 Å². The Hall–Kier alpha value is -3.93. The second kappa shape index (κ2) is 7.83. The summed E-state index contributed by atoms with van der Waals surface area (Å²) in [5.74, 6) is -1.23. The van der Waals surface area contributed by atoms with Crippen molar-refractivity contribution >= 4 is 28.8 Å². The summed E-state index contributed by atoms with van der Waals surface area (Å²) in [6.07, 6.45) is 0. The molecule has 0 aromatic heterocycles.